The molecule has 1 N–H and O–H groups in total. The van der Waals surface area contributed by atoms with Crippen molar-refractivity contribution in [3.8, 4) is 0 Å². The van der Waals surface area contributed by atoms with Gasteiger partial charge in [0.25, 0.3) is 0 Å². The molecule has 6 heteroatoms. The summed E-state index contributed by atoms with van der Waals surface area (Å²) in [6, 6.07) is -0.657. The van der Waals surface area contributed by atoms with Crippen molar-refractivity contribution in [2.75, 3.05) is 12.3 Å². The summed E-state index contributed by atoms with van der Waals surface area (Å²) in [4.78, 5) is 36.1. The molecule has 3 unspecified atom stereocenters. The molecular formula is C14H21NO4S. The summed E-state index contributed by atoms with van der Waals surface area (Å²) >= 11 is 1.12. The highest BCUT2D eigenvalue weighted by Crippen LogP contribution is 2.40. The molecular weight excluding hydrogens is 278 g/mol. The number of amides is 1. The molecule has 1 amide bonds. The second kappa shape index (κ2) is 6.61. The lowest BCUT2D eigenvalue weighted by Crippen LogP contribution is -2.43. The van der Waals surface area contributed by atoms with Gasteiger partial charge in [0.2, 0.25) is 5.91 Å². The predicted molar refractivity (Wildman–Crippen MR) is 76.3 cm³/mol. The Hall–Kier alpha value is -1.04. The van der Waals surface area contributed by atoms with Crippen molar-refractivity contribution >= 4 is 28.8 Å². The standard InChI is InChI=1S/C14H21NO4S/c1-9(16)20-7-6-12(17)15-8-10-4-2-3-5-11(10)13(15)14(18)19/h10-11,13H,2-8H2,1H3,(H,18,19). The molecule has 3 atom stereocenters. The van der Waals surface area contributed by atoms with E-state index in [0.717, 1.165) is 37.4 Å². The molecule has 112 valence electrons. The minimum atomic E-state index is -0.882. The van der Waals surface area contributed by atoms with E-state index in [-0.39, 0.29) is 23.4 Å². The van der Waals surface area contributed by atoms with Gasteiger partial charge in [-0.25, -0.2) is 4.79 Å². The van der Waals surface area contributed by atoms with Crippen molar-refractivity contribution in [2.24, 2.45) is 11.8 Å². The molecule has 1 aliphatic carbocycles. The lowest BCUT2D eigenvalue weighted by Gasteiger charge is -2.27. The number of fused-ring (bicyclic) bond motifs is 1. The van der Waals surface area contributed by atoms with Gasteiger partial charge in [-0.05, 0) is 24.7 Å². The van der Waals surface area contributed by atoms with E-state index in [1.807, 2.05) is 0 Å². The summed E-state index contributed by atoms with van der Waals surface area (Å²) in [5.41, 5.74) is 0. The Morgan fingerprint density at radius 1 is 1.25 bits per heavy atom. The number of carboxylic acid groups (broad SMARTS) is 1. The maximum atomic E-state index is 12.2. The van der Waals surface area contributed by atoms with E-state index in [4.69, 9.17) is 0 Å². The smallest absolute Gasteiger partial charge is 0.326 e. The topological polar surface area (TPSA) is 74.7 Å². The number of aliphatic carboxylic acids is 1. The van der Waals surface area contributed by atoms with Crippen molar-refractivity contribution < 1.29 is 19.5 Å². The Kier molecular flexibility index (Phi) is 5.07. The van der Waals surface area contributed by atoms with E-state index in [0.29, 0.717) is 18.2 Å². The highest BCUT2D eigenvalue weighted by Gasteiger charge is 2.47. The lowest BCUT2D eigenvalue weighted by atomic mass is 9.78. The lowest BCUT2D eigenvalue weighted by molar-refractivity contribution is -0.149. The van der Waals surface area contributed by atoms with Crippen LogP contribution in [0.25, 0.3) is 0 Å². The van der Waals surface area contributed by atoms with E-state index in [2.05, 4.69) is 0 Å². The molecule has 0 aromatic rings. The molecule has 0 bridgehead atoms. The zero-order valence-electron chi connectivity index (χ0n) is 11.7. The van der Waals surface area contributed by atoms with Gasteiger partial charge >= 0.3 is 5.97 Å². The molecule has 2 rings (SSSR count). The minimum Gasteiger partial charge on any atom is -0.480 e. The van der Waals surface area contributed by atoms with Crippen molar-refractivity contribution in [2.45, 2.75) is 45.1 Å². The van der Waals surface area contributed by atoms with Gasteiger partial charge in [0.15, 0.2) is 5.12 Å². The number of nitrogens with zero attached hydrogens (tertiary/aromatic N) is 1. The molecule has 1 saturated heterocycles. The first-order valence-corrected chi connectivity index (χ1v) is 8.15. The molecule has 1 heterocycles. The van der Waals surface area contributed by atoms with Crippen LogP contribution in [0.4, 0.5) is 0 Å². The second-order valence-electron chi connectivity index (χ2n) is 5.63. The first-order valence-electron chi connectivity index (χ1n) is 7.16. The number of hydrogen-bond donors (Lipinski definition) is 1. The molecule has 1 aliphatic heterocycles. The monoisotopic (exact) mass is 299 g/mol. The van der Waals surface area contributed by atoms with E-state index >= 15 is 0 Å². The number of rotatable bonds is 4. The average Bonchev–Trinajstić information content (AvgIpc) is 2.77. The quantitative estimate of drug-likeness (QED) is 0.856. The Morgan fingerprint density at radius 3 is 2.60 bits per heavy atom. The van der Waals surface area contributed by atoms with Crippen LogP contribution < -0.4 is 0 Å². The summed E-state index contributed by atoms with van der Waals surface area (Å²) in [6.45, 7) is 2.05. The molecule has 0 radical (unpaired) electrons. The fourth-order valence-electron chi connectivity index (χ4n) is 3.48. The van der Waals surface area contributed by atoms with Crippen molar-refractivity contribution in [3.05, 3.63) is 0 Å². The molecule has 5 nitrogen and oxygen atoms in total. The Bertz CT molecular complexity index is 412. The summed E-state index contributed by atoms with van der Waals surface area (Å²) < 4.78 is 0. The molecule has 0 aromatic heterocycles. The maximum absolute atomic E-state index is 12.2. The SMILES string of the molecule is CC(=O)SCCC(=O)N1CC2CCCCC2C1C(=O)O. The highest BCUT2D eigenvalue weighted by atomic mass is 32.2. The molecule has 2 aliphatic rings. The van der Waals surface area contributed by atoms with Crippen LogP contribution in [0.5, 0.6) is 0 Å². The summed E-state index contributed by atoms with van der Waals surface area (Å²) in [7, 11) is 0. The van der Waals surface area contributed by atoms with Crippen LogP contribution in [0.15, 0.2) is 0 Å². The first-order chi connectivity index (χ1) is 9.50. The maximum Gasteiger partial charge on any atom is 0.326 e. The van der Waals surface area contributed by atoms with E-state index in [1.165, 1.54) is 6.92 Å². The third-order valence-corrected chi connectivity index (χ3v) is 5.15. The largest absolute Gasteiger partial charge is 0.480 e. The van der Waals surface area contributed by atoms with Gasteiger partial charge in [0.05, 0.1) is 0 Å². The fourth-order valence-corrected chi connectivity index (χ4v) is 4.04. The zero-order valence-corrected chi connectivity index (χ0v) is 12.5. The van der Waals surface area contributed by atoms with Gasteiger partial charge in [-0.2, -0.15) is 0 Å². The van der Waals surface area contributed by atoms with Crippen LogP contribution >= 0.6 is 11.8 Å². The van der Waals surface area contributed by atoms with E-state index in [9.17, 15) is 19.5 Å². The van der Waals surface area contributed by atoms with E-state index < -0.39 is 12.0 Å². The Labute approximate surface area is 123 Å². The van der Waals surface area contributed by atoms with Gasteiger partial charge in [-0.15, -0.1) is 0 Å². The molecule has 0 aromatic carbocycles. The van der Waals surface area contributed by atoms with Gasteiger partial charge in [0, 0.05) is 25.6 Å². The predicted octanol–water partition coefficient (Wildman–Crippen LogP) is 1.76. The number of carbonyl (C=O) groups is 3. The zero-order chi connectivity index (χ0) is 14.7. The van der Waals surface area contributed by atoms with Crippen molar-refractivity contribution in [1.29, 1.82) is 0 Å². The number of carboxylic acids is 1. The number of carbonyl (C=O) groups excluding carboxylic acids is 2. The Balaban J connectivity index is 1.99. The molecule has 2 fully saturated rings. The highest BCUT2D eigenvalue weighted by molar-refractivity contribution is 8.13. The molecule has 1 saturated carbocycles. The van der Waals surface area contributed by atoms with Crippen LogP contribution in [0.2, 0.25) is 0 Å². The Morgan fingerprint density at radius 2 is 1.95 bits per heavy atom. The second-order valence-corrected chi connectivity index (χ2v) is 6.90. The van der Waals surface area contributed by atoms with E-state index in [1.54, 1.807) is 4.90 Å². The van der Waals surface area contributed by atoms with Gasteiger partial charge in [-0.1, -0.05) is 24.6 Å². The van der Waals surface area contributed by atoms with Gasteiger partial charge < -0.3 is 10.0 Å². The number of thioether (sulfide) groups is 1. The van der Waals surface area contributed by atoms with Crippen LogP contribution in [0.3, 0.4) is 0 Å². The van der Waals surface area contributed by atoms with Gasteiger partial charge in [0.1, 0.15) is 6.04 Å². The molecule has 0 spiro atoms. The van der Waals surface area contributed by atoms with Crippen molar-refractivity contribution in [1.82, 2.24) is 4.90 Å². The fraction of sp³-hybridized carbons (Fsp3) is 0.786. The summed E-state index contributed by atoms with van der Waals surface area (Å²) in [5.74, 6) is -0.112. The van der Waals surface area contributed by atoms with Gasteiger partial charge in [-0.3, -0.25) is 9.59 Å². The van der Waals surface area contributed by atoms with Crippen molar-refractivity contribution in [3.63, 3.8) is 0 Å². The minimum absolute atomic E-state index is 0.0114. The average molecular weight is 299 g/mol. The van der Waals surface area contributed by atoms with Crippen LogP contribution in [0.1, 0.15) is 39.0 Å². The van der Waals surface area contributed by atoms with Crippen LogP contribution in [-0.2, 0) is 14.4 Å². The normalized spacial score (nSPS) is 29.1. The number of hydrogen-bond acceptors (Lipinski definition) is 4. The number of likely N-dealkylation sites (tertiary alicyclic amines) is 1. The summed E-state index contributed by atoms with van der Waals surface area (Å²) in [5, 5.41) is 9.42. The third-order valence-electron chi connectivity index (χ3n) is 4.34. The third kappa shape index (κ3) is 3.34. The molecule has 20 heavy (non-hydrogen) atoms. The summed E-state index contributed by atoms with van der Waals surface area (Å²) in [6.07, 6.45) is 4.38. The van der Waals surface area contributed by atoms with Crippen LogP contribution in [-0.4, -0.2) is 45.3 Å². The van der Waals surface area contributed by atoms with Crippen LogP contribution in [0, 0.1) is 11.8 Å². The first kappa shape index (κ1) is 15.4.